The summed E-state index contributed by atoms with van der Waals surface area (Å²) >= 11 is 0. The van der Waals surface area contributed by atoms with Gasteiger partial charge in [-0.05, 0) is 44.9 Å². The Morgan fingerprint density at radius 1 is 1.47 bits per heavy atom. The molecule has 0 spiro atoms. The minimum atomic E-state index is -0.508. The number of rotatable bonds is 5. The standard InChI is InChI=1S/C13H19NO3/c1-8(2)17-13-7-10(4-5-12(13)16)6-11(14)9(3)15/h4-5,7-8,11,16H,6,14H2,1-3H3/t11-/m0/s1. The molecule has 3 N–H and O–H groups in total. The SMILES string of the molecule is CC(=O)[C@@H](N)Cc1ccc(O)c(OC(C)C)c1. The van der Waals surface area contributed by atoms with Crippen LogP contribution in [0.5, 0.6) is 11.5 Å². The van der Waals surface area contributed by atoms with E-state index in [0.717, 1.165) is 5.56 Å². The number of carbonyl (C=O) groups excluding carboxylic acids is 1. The van der Waals surface area contributed by atoms with Gasteiger partial charge < -0.3 is 15.6 Å². The lowest BCUT2D eigenvalue weighted by Gasteiger charge is -2.14. The van der Waals surface area contributed by atoms with E-state index in [2.05, 4.69) is 0 Å². The quantitative estimate of drug-likeness (QED) is 0.816. The van der Waals surface area contributed by atoms with Crippen molar-refractivity contribution in [1.82, 2.24) is 0 Å². The Labute approximate surface area is 101 Å². The highest BCUT2D eigenvalue weighted by molar-refractivity contribution is 5.81. The van der Waals surface area contributed by atoms with Crippen LogP contribution in [0.1, 0.15) is 26.3 Å². The number of phenols is 1. The Balaban J connectivity index is 2.84. The van der Waals surface area contributed by atoms with Crippen LogP contribution in [-0.2, 0) is 11.2 Å². The van der Waals surface area contributed by atoms with E-state index in [-0.39, 0.29) is 17.6 Å². The van der Waals surface area contributed by atoms with Crippen molar-refractivity contribution in [1.29, 1.82) is 0 Å². The van der Waals surface area contributed by atoms with E-state index < -0.39 is 6.04 Å². The number of benzene rings is 1. The predicted molar refractivity (Wildman–Crippen MR) is 66.2 cm³/mol. The molecule has 0 aromatic heterocycles. The molecule has 1 aromatic carbocycles. The van der Waals surface area contributed by atoms with Crippen LogP contribution in [0, 0.1) is 0 Å². The summed E-state index contributed by atoms with van der Waals surface area (Å²) in [4.78, 5) is 11.1. The number of Topliss-reactive ketones (excluding diaryl/α,β-unsaturated/α-hetero) is 1. The van der Waals surface area contributed by atoms with Gasteiger partial charge in [0.25, 0.3) is 0 Å². The average molecular weight is 237 g/mol. The third-order valence-electron chi connectivity index (χ3n) is 2.36. The Hall–Kier alpha value is -1.55. The highest BCUT2D eigenvalue weighted by atomic mass is 16.5. The van der Waals surface area contributed by atoms with Crippen LogP contribution < -0.4 is 10.5 Å². The molecule has 0 aliphatic carbocycles. The zero-order valence-electron chi connectivity index (χ0n) is 10.4. The molecule has 1 rings (SSSR count). The number of ether oxygens (including phenoxy) is 1. The first-order chi connectivity index (χ1) is 7.90. The number of nitrogens with two attached hydrogens (primary N) is 1. The number of carbonyl (C=O) groups is 1. The van der Waals surface area contributed by atoms with Crippen molar-refractivity contribution in [2.45, 2.75) is 39.3 Å². The van der Waals surface area contributed by atoms with Crippen molar-refractivity contribution in [2.24, 2.45) is 5.73 Å². The van der Waals surface area contributed by atoms with Gasteiger partial charge in [0.1, 0.15) is 5.78 Å². The molecule has 1 aromatic rings. The average Bonchev–Trinajstić information content (AvgIpc) is 2.22. The fraction of sp³-hybridized carbons (Fsp3) is 0.462. The van der Waals surface area contributed by atoms with Gasteiger partial charge in [-0.3, -0.25) is 4.79 Å². The van der Waals surface area contributed by atoms with E-state index in [4.69, 9.17) is 10.5 Å². The molecule has 17 heavy (non-hydrogen) atoms. The molecule has 0 aliphatic heterocycles. The third kappa shape index (κ3) is 4.07. The Morgan fingerprint density at radius 3 is 2.65 bits per heavy atom. The van der Waals surface area contributed by atoms with Gasteiger partial charge in [-0.2, -0.15) is 0 Å². The van der Waals surface area contributed by atoms with E-state index in [9.17, 15) is 9.90 Å². The molecule has 0 saturated heterocycles. The summed E-state index contributed by atoms with van der Waals surface area (Å²) < 4.78 is 5.45. The molecule has 0 bridgehead atoms. The Morgan fingerprint density at radius 2 is 2.12 bits per heavy atom. The maximum atomic E-state index is 11.1. The number of ketones is 1. The lowest BCUT2D eigenvalue weighted by Crippen LogP contribution is -2.30. The van der Waals surface area contributed by atoms with Crippen molar-refractivity contribution in [3.8, 4) is 11.5 Å². The lowest BCUT2D eigenvalue weighted by molar-refractivity contribution is -0.118. The summed E-state index contributed by atoms with van der Waals surface area (Å²) in [7, 11) is 0. The van der Waals surface area contributed by atoms with Gasteiger partial charge in [0, 0.05) is 0 Å². The third-order valence-corrected chi connectivity index (χ3v) is 2.36. The number of phenolic OH excluding ortho intramolecular Hbond substituents is 1. The van der Waals surface area contributed by atoms with Gasteiger partial charge in [-0.25, -0.2) is 0 Å². The van der Waals surface area contributed by atoms with Crippen molar-refractivity contribution in [3.05, 3.63) is 23.8 Å². The zero-order chi connectivity index (χ0) is 13.0. The van der Waals surface area contributed by atoms with Crippen molar-refractivity contribution in [2.75, 3.05) is 0 Å². The van der Waals surface area contributed by atoms with Crippen molar-refractivity contribution >= 4 is 5.78 Å². The molecule has 94 valence electrons. The first-order valence-electron chi connectivity index (χ1n) is 5.64. The van der Waals surface area contributed by atoms with Crippen LogP contribution >= 0.6 is 0 Å². The van der Waals surface area contributed by atoms with Crippen molar-refractivity contribution < 1.29 is 14.6 Å². The van der Waals surface area contributed by atoms with E-state index >= 15 is 0 Å². The Bertz CT molecular complexity index is 402. The summed E-state index contributed by atoms with van der Waals surface area (Å²) in [5.41, 5.74) is 6.56. The smallest absolute Gasteiger partial charge is 0.161 e. The molecule has 4 nitrogen and oxygen atoms in total. The molecule has 4 heteroatoms. The molecule has 0 heterocycles. The highest BCUT2D eigenvalue weighted by Crippen LogP contribution is 2.28. The van der Waals surface area contributed by atoms with Crippen molar-refractivity contribution in [3.63, 3.8) is 0 Å². The monoisotopic (exact) mass is 237 g/mol. The second-order valence-corrected chi connectivity index (χ2v) is 4.39. The normalized spacial score (nSPS) is 12.5. The predicted octanol–water partition coefficient (Wildman–Crippen LogP) is 1.64. The number of aromatic hydroxyl groups is 1. The number of hydrogen-bond donors (Lipinski definition) is 2. The molecule has 1 atom stereocenters. The second kappa shape index (κ2) is 5.68. The van der Waals surface area contributed by atoms with Crippen LogP contribution in [0.15, 0.2) is 18.2 Å². The Kier molecular flexibility index (Phi) is 4.52. The second-order valence-electron chi connectivity index (χ2n) is 4.39. The molecular formula is C13H19NO3. The van der Waals surface area contributed by atoms with Gasteiger partial charge in [-0.15, -0.1) is 0 Å². The van der Waals surface area contributed by atoms with Gasteiger partial charge in [-0.1, -0.05) is 6.07 Å². The van der Waals surface area contributed by atoms with Gasteiger partial charge in [0.05, 0.1) is 12.1 Å². The fourth-order valence-corrected chi connectivity index (χ4v) is 1.43. The first-order valence-corrected chi connectivity index (χ1v) is 5.64. The van der Waals surface area contributed by atoms with Crippen LogP contribution in [0.4, 0.5) is 0 Å². The summed E-state index contributed by atoms with van der Waals surface area (Å²) in [6, 6.07) is 4.51. The van der Waals surface area contributed by atoms with Gasteiger partial charge >= 0.3 is 0 Å². The maximum absolute atomic E-state index is 11.1. The molecule has 0 radical (unpaired) electrons. The fourth-order valence-electron chi connectivity index (χ4n) is 1.43. The van der Waals surface area contributed by atoms with Crippen LogP contribution in [0.2, 0.25) is 0 Å². The minimum absolute atomic E-state index is 0.0161. The number of hydrogen-bond acceptors (Lipinski definition) is 4. The minimum Gasteiger partial charge on any atom is -0.504 e. The zero-order valence-corrected chi connectivity index (χ0v) is 10.4. The largest absolute Gasteiger partial charge is 0.504 e. The summed E-state index contributed by atoms with van der Waals surface area (Å²) in [5.74, 6) is 0.469. The maximum Gasteiger partial charge on any atom is 0.161 e. The van der Waals surface area contributed by atoms with Crippen LogP contribution in [0.3, 0.4) is 0 Å². The molecule has 0 unspecified atom stereocenters. The molecule has 0 saturated carbocycles. The van der Waals surface area contributed by atoms with Crippen LogP contribution in [-0.4, -0.2) is 23.0 Å². The van der Waals surface area contributed by atoms with E-state index in [0.29, 0.717) is 12.2 Å². The summed E-state index contributed by atoms with van der Waals surface area (Å²) in [6.45, 7) is 5.23. The highest BCUT2D eigenvalue weighted by Gasteiger charge is 2.11. The molecular weight excluding hydrogens is 218 g/mol. The summed E-state index contributed by atoms with van der Waals surface area (Å²) in [6.07, 6.45) is 0.432. The van der Waals surface area contributed by atoms with Gasteiger partial charge in [0.15, 0.2) is 11.5 Å². The first kappa shape index (κ1) is 13.5. The molecule has 0 fully saturated rings. The molecule has 0 amide bonds. The van der Waals surface area contributed by atoms with E-state index in [1.165, 1.54) is 6.92 Å². The topological polar surface area (TPSA) is 72.6 Å². The molecule has 0 aliphatic rings. The summed E-state index contributed by atoms with van der Waals surface area (Å²) in [5, 5.41) is 9.60. The van der Waals surface area contributed by atoms with E-state index in [1.54, 1.807) is 18.2 Å². The van der Waals surface area contributed by atoms with Crippen LogP contribution in [0.25, 0.3) is 0 Å². The van der Waals surface area contributed by atoms with Gasteiger partial charge in [0.2, 0.25) is 0 Å². The lowest BCUT2D eigenvalue weighted by atomic mass is 10.0. The van der Waals surface area contributed by atoms with E-state index in [1.807, 2.05) is 13.8 Å².